The first kappa shape index (κ1) is 13.8. The van der Waals surface area contributed by atoms with Gasteiger partial charge in [0.05, 0.1) is 0 Å². The van der Waals surface area contributed by atoms with Gasteiger partial charge in [-0.2, -0.15) is 0 Å². The second-order valence-electron chi connectivity index (χ2n) is 4.75. The number of benzene rings is 1. The van der Waals surface area contributed by atoms with Gasteiger partial charge in [0.2, 0.25) is 0 Å². The number of aliphatic hydroxyl groups excluding tert-OH is 1. The van der Waals surface area contributed by atoms with E-state index in [-0.39, 0.29) is 25.2 Å². The minimum Gasteiger partial charge on any atom is -0.445 e. The van der Waals surface area contributed by atoms with Gasteiger partial charge in [-0.15, -0.1) is 0 Å². The lowest BCUT2D eigenvalue weighted by Gasteiger charge is -2.31. The zero-order valence-electron chi connectivity index (χ0n) is 10.8. The number of nitrogens with one attached hydrogen (secondary N) is 2. The SMILES string of the molecule is O=C(N[C@H]1CNCC[C@@H]1CO)OCc1ccccc1. The molecule has 0 bridgehead atoms. The number of alkyl carbamates (subject to hydrolysis) is 1. The van der Waals surface area contributed by atoms with Crippen molar-refractivity contribution >= 4 is 6.09 Å². The van der Waals surface area contributed by atoms with Gasteiger partial charge in [-0.05, 0) is 18.5 Å². The van der Waals surface area contributed by atoms with E-state index < -0.39 is 6.09 Å². The van der Waals surface area contributed by atoms with Gasteiger partial charge in [0.1, 0.15) is 6.61 Å². The van der Waals surface area contributed by atoms with Gasteiger partial charge in [-0.1, -0.05) is 30.3 Å². The molecule has 1 amide bonds. The molecule has 0 radical (unpaired) electrons. The van der Waals surface area contributed by atoms with Crippen LogP contribution in [0.25, 0.3) is 0 Å². The third-order valence-electron chi connectivity index (χ3n) is 3.38. The van der Waals surface area contributed by atoms with Crippen molar-refractivity contribution in [1.29, 1.82) is 0 Å². The fourth-order valence-electron chi connectivity index (χ4n) is 2.22. The highest BCUT2D eigenvalue weighted by molar-refractivity contribution is 5.67. The molecule has 0 aromatic heterocycles. The van der Waals surface area contributed by atoms with Crippen LogP contribution in [0.3, 0.4) is 0 Å². The lowest BCUT2D eigenvalue weighted by atomic mass is 9.94. The topological polar surface area (TPSA) is 70.6 Å². The minimum atomic E-state index is -0.434. The molecular weight excluding hydrogens is 244 g/mol. The van der Waals surface area contributed by atoms with Crippen molar-refractivity contribution < 1.29 is 14.6 Å². The van der Waals surface area contributed by atoms with E-state index in [1.54, 1.807) is 0 Å². The van der Waals surface area contributed by atoms with Gasteiger partial charge in [0, 0.05) is 25.1 Å². The number of ether oxygens (including phenoxy) is 1. The van der Waals surface area contributed by atoms with E-state index in [0.29, 0.717) is 6.54 Å². The van der Waals surface area contributed by atoms with Gasteiger partial charge < -0.3 is 20.5 Å². The number of rotatable bonds is 4. The third-order valence-corrected chi connectivity index (χ3v) is 3.38. The van der Waals surface area contributed by atoms with E-state index in [0.717, 1.165) is 18.5 Å². The molecule has 1 aliphatic rings. The van der Waals surface area contributed by atoms with Gasteiger partial charge in [-0.25, -0.2) is 4.79 Å². The second-order valence-corrected chi connectivity index (χ2v) is 4.75. The summed E-state index contributed by atoms with van der Waals surface area (Å²) >= 11 is 0. The molecule has 104 valence electrons. The Morgan fingerprint density at radius 3 is 2.95 bits per heavy atom. The molecular formula is C14H20N2O3. The monoisotopic (exact) mass is 264 g/mol. The van der Waals surface area contributed by atoms with E-state index in [1.807, 2.05) is 30.3 Å². The van der Waals surface area contributed by atoms with Crippen LogP contribution in [0.5, 0.6) is 0 Å². The Hall–Kier alpha value is -1.59. The summed E-state index contributed by atoms with van der Waals surface area (Å²) in [6.45, 7) is 1.90. The summed E-state index contributed by atoms with van der Waals surface area (Å²) in [5, 5.41) is 15.3. The van der Waals surface area contributed by atoms with Crippen LogP contribution in [0.15, 0.2) is 30.3 Å². The van der Waals surface area contributed by atoms with Crippen LogP contribution in [0, 0.1) is 5.92 Å². The van der Waals surface area contributed by atoms with Crippen LogP contribution in [0.1, 0.15) is 12.0 Å². The van der Waals surface area contributed by atoms with Crippen LogP contribution in [-0.2, 0) is 11.3 Å². The highest BCUT2D eigenvalue weighted by Gasteiger charge is 2.26. The Labute approximate surface area is 113 Å². The number of carbonyl (C=O) groups excluding carboxylic acids is 1. The molecule has 1 aliphatic heterocycles. The number of hydrogen-bond donors (Lipinski definition) is 3. The lowest BCUT2D eigenvalue weighted by Crippen LogP contribution is -2.52. The molecule has 0 saturated carbocycles. The second kappa shape index (κ2) is 7.11. The van der Waals surface area contributed by atoms with Gasteiger partial charge in [-0.3, -0.25) is 0 Å². The zero-order valence-corrected chi connectivity index (χ0v) is 10.8. The summed E-state index contributed by atoms with van der Waals surface area (Å²) < 4.78 is 5.16. The van der Waals surface area contributed by atoms with Crippen molar-refractivity contribution in [2.24, 2.45) is 5.92 Å². The van der Waals surface area contributed by atoms with Crippen molar-refractivity contribution in [2.75, 3.05) is 19.7 Å². The molecule has 0 aliphatic carbocycles. The van der Waals surface area contributed by atoms with E-state index in [4.69, 9.17) is 4.74 Å². The largest absolute Gasteiger partial charge is 0.445 e. The Morgan fingerprint density at radius 1 is 1.42 bits per heavy atom. The summed E-state index contributed by atoms with van der Waals surface area (Å²) in [7, 11) is 0. The Kier molecular flexibility index (Phi) is 5.18. The average molecular weight is 264 g/mol. The number of amides is 1. The van der Waals surface area contributed by atoms with Gasteiger partial charge >= 0.3 is 6.09 Å². The maximum absolute atomic E-state index is 11.7. The quantitative estimate of drug-likeness (QED) is 0.755. The smallest absolute Gasteiger partial charge is 0.407 e. The summed E-state index contributed by atoms with van der Waals surface area (Å²) in [6, 6.07) is 9.48. The molecule has 3 N–H and O–H groups in total. The lowest BCUT2D eigenvalue weighted by molar-refractivity contribution is 0.117. The Bertz CT molecular complexity index is 397. The normalized spacial score (nSPS) is 22.8. The number of piperidine rings is 1. The average Bonchev–Trinajstić information content (AvgIpc) is 2.47. The first-order valence-corrected chi connectivity index (χ1v) is 6.58. The van der Waals surface area contributed by atoms with Crippen molar-refractivity contribution in [3.05, 3.63) is 35.9 Å². The maximum atomic E-state index is 11.7. The molecule has 0 spiro atoms. The fourth-order valence-corrected chi connectivity index (χ4v) is 2.22. The molecule has 0 unspecified atom stereocenters. The van der Waals surface area contributed by atoms with Crippen LogP contribution in [0.2, 0.25) is 0 Å². The molecule has 2 atom stereocenters. The van der Waals surface area contributed by atoms with E-state index >= 15 is 0 Å². The molecule has 5 heteroatoms. The predicted octanol–water partition coefficient (Wildman–Crippen LogP) is 0.883. The van der Waals surface area contributed by atoms with Crippen molar-refractivity contribution in [3.8, 4) is 0 Å². The van der Waals surface area contributed by atoms with Crippen LogP contribution >= 0.6 is 0 Å². The molecule has 1 heterocycles. The molecule has 5 nitrogen and oxygen atoms in total. The molecule has 1 fully saturated rings. The molecule has 1 aromatic carbocycles. The Balaban J connectivity index is 1.77. The van der Waals surface area contributed by atoms with E-state index in [9.17, 15) is 9.90 Å². The summed E-state index contributed by atoms with van der Waals surface area (Å²) in [5.74, 6) is 0.102. The number of carbonyl (C=O) groups is 1. The summed E-state index contributed by atoms with van der Waals surface area (Å²) in [6.07, 6.45) is 0.427. The summed E-state index contributed by atoms with van der Waals surface area (Å²) in [4.78, 5) is 11.7. The first-order chi connectivity index (χ1) is 9.29. The minimum absolute atomic E-state index is 0.0676. The molecule has 1 aromatic rings. The summed E-state index contributed by atoms with van der Waals surface area (Å²) in [5.41, 5.74) is 0.957. The molecule has 2 rings (SSSR count). The van der Waals surface area contributed by atoms with Crippen molar-refractivity contribution in [3.63, 3.8) is 0 Å². The highest BCUT2D eigenvalue weighted by atomic mass is 16.5. The van der Waals surface area contributed by atoms with E-state index in [2.05, 4.69) is 10.6 Å². The van der Waals surface area contributed by atoms with Crippen LogP contribution < -0.4 is 10.6 Å². The predicted molar refractivity (Wildman–Crippen MR) is 71.6 cm³/mol. The van der Waals surface area contributed by atoms with Crippen LogP contribution in [0.4, 0.5) is 4.79 Å². The third kappa shape index (κ3) is 4.22. The number of hydrogen-bond acceptors (Lipinski definition) is 4. The molecule has 1 saturated heterocycles. The van der Waals surface area contributed by atoms with Crippen LogP contribution in [-0.4, -0.2) is 36.9 Å². The standard InChI is InChI=1S/C14H20N2O3/c17-9-12-6-7-15-8-13(12)16-14(18)19-10-11-4-2-1-3-5-11/h1-5,12-13,15,17H,6-10H2,(H,16,18)/t12-,13+/m1/s1. The van der Waals surface area contributed by atoms with Crippen molar-refractivity contribution in [2.45, 2.75) is 19.1 Å². The van der Waals surface area contributed by atoms with E-state index in [1.165, 1.54) is 0 Å². The zero-order chi connectivity index (χ0) is 13.5. The Morgan fingerprint density at radius 2 is 2.21 bits per heavy atom. The molecule has 19 heavy (non-hydrogen) atoms. The fraction of sp³-hybridized carbons (Fsp3) is 0.500. The number of aliphatic hydroxyl groups is 1. The van der Waals surface area contributed by atoms with Gasteiger partial charge in [0.15, 0.2) is 0 Å². The maximum Gasteiger partial charge on any atom is 0.407 e. The van der Waals surface area contributed by atoms with Gasteiger partial charge in [0.25, 0.3) is 0 Å². The highest BCUT2D eigenvalue weighted by Crippen LogP contribution is 2.12. The van der Waals surface area contributed by atoms with Crippen molar-refractivity contribution in [1.82, 2.24) is 10.6 Å². The first-order valence-electron chi connectivity index (χ1n) is 6.58.